The van der Waals surface area contributed by atoms with Gasteiger partial charge in [-0.3, -0.25) is 0 Å². The summed E-state index contributed by atoms with van der Waals surface area (Å²) in [5.41, 5.74) is 6.00. The first-order valence-electron chi connectivity index (χ1n) is 7.90. The van der Waals surface area contributed by atoms with E-state index >= 15 is 0 Å². The molecule has 1 heterocycles. The Morgan fingerprint density at radius 1 is 0.583 bits per heavy atom. The van der Waals surface area contributed by atoms with Gasteiger partial charge in [0.1, 0.15) is 0 Å². The normalized spacial score (nSPS) is 10.7. The average Bonchev–Trinajstić information content (AvgIpc) is 3.09. The van der Waals surface area contributed by atoms with Crippen LogP contribution in [0.15, 0.2) is 102 Å². The standard InChI is InChI=1S/C22H16BrN/c23-20-11-13-21(14-12-20)24-16-19(17-7-3-1-4-8-17)15-22(24)18-9-5-2-6-10-18/h1-16H. The van der Waals surface area contributed by atoms with Gasteiger partial charge in [0.05, 0.1) is 5.69 Å². The van der Waals surface area contributed by atoms with Crippen molar-refractivity contribution < 1.29 is 0 Å². The second-order valence-corrected chi connectivity index (χ2v) is 6.61. The van der Waals surface area contributed by atoms with Gasteiger partial charge in [0.15, 0.2) is 0 Å². The van der Waals surface area contributed by atoms with Gasteiger partial charge in [0.2, 0.25) is 0 Å². The number of benzene rings is 3. The molecule has 0 fully saturated rings. The van der Waals surface area contributed by atoms with Gasteiger partial charge in [-0.2, -0.15) is 0 Å². The van der Waals surface area contributed by atoms with E-state index in [9.17, 15) is 0 Å². The molecule has 0 bridgehead atoms. The zero-order chi connectivity index (χ0) is 16.4. The molecule has 2 heteroatoms. The maximum atomic E-state index is 3.51. The molecule has 1 aromatic heterocycles. The predicted molar refractivity (Wildman–Crippen MR) is 104 cm³/mol. The zero-order valence-electron chi connectivity index (χ0n) is 13.1. The van der Waals surface area contributed by atoms with Gasteiger partial charge >= 0.3 is 0 Å². The third kappa shape index (κ3) is 2.93. The summed E-state index contributed by atoms with van der Waals surface area (Å²) >= 11 is 3.51. The first-order chi connectivity index (χ1) is 11.8. The van der Waals surface area contributed by atoms with Crippen molar-refractivity contribution in [2.24, 2.45) is 0 Å². The summed E-state index contributed by atoms with van der Waals surface area (Å²) in [5.74, 6) is 0. The Morgan fingerprint density at radius 3 is 1.79 bits per heavy atom. The molecule has 0 saturated carbocycles. The maximum Gasteiger partial charge on any atom is 0.0534 e. The molecular weight excluding hydrogens is 358 g/mol. The molecule has 24 heavy (non-hydrogen) atoms. The van der Waals surface area contributed by atoms with E-state index in [2.05, 4.69) is 112 Å². The fourth-order valence-corrected chi connectivity index (χ4v) is 3.16. The van der Waals surface area contributed by atoms with Gasteiger partial charge in [-0.15, -0.1) is 0 Å². The van der Waals surface area contributed by atoms with Crippen molar-refractivity contribution >= 4 is 15.9 Å². The summed E-state index contributed by atoms with van der Waals surface area (Å²) in [4.78, 5) is 0. The summed E-state index contributed by atoms with van der Waals surface area (Å²) in [7, 11) is 0. The minimum absolute atomic E-state index is 1.09. The van der Waals surface area contributed by atoms with E-state index in [-0.39, 0.29) is 0 Å². The highest BCUT2D eigenvalue weighted by atomic mass is 79.9. The molecule has 0 aliphatic rings. The molecule has 0 unspecified atom stereocenters. The van der Waals surface area contributed by atoms with E-state index in [0.29, 0.717) is 0 Å². The molecule has 3 aromatic carbocycles. The lowest BCUT2D eigenvalue weighted by molar-refractivity contribution is 1.09. The van der Waals surface area contributed by atoms with Gasteiger partial charge < -0.3 is 4.57 Å². The molecule has 0 atom stereocenters. The van der Waals surface area contributed by atoms with E-state index in [1.807, 2.05) is 6.07 Å². The largest absolute Gasteiger partial charge is 0.316 e. The molecule has 4 rings (SSSR count). The van der Waals surface area contributed by atoms with Crippen LogP contribution in [0.2, 0.25) is 0 Å². The number of halogens is 1. The number of hydrogen-bond donors (Lipinski definition) is 0. The minimum Gasteiger partial charge on any atom is -0.316 e. The summed E-state index contributed by atoms with van der Waals surface area (Å²) in [6, 6.07) is 31.7. The summed E-state index contributed by atoms with van der Waals surface area (Å²) < 4.78 is 3.34. The molecule has 0 saturated heterocycles. The molecule has 116 valence electrons. The summed E-state index contributed by atoms with van der Waals surface area (Å²) in [5, 5.41) is 0. The summed E-state index contributed by atoms with van der Waals surface area (Å²) in [6.07, 6.45) is 2.21. The maximum absolute atomic E-state index is 3.51. The number of aromatic nitrogens is 1. The van der Waals surface area contributed by atoms with Crippen LogP contribution in [-0.2, 0) is 0 Å². The Bertz CT molecular complexity index is 938. The number of nitrogens with zero attached hydrogens (tertiary/aromatic N) is 1. The molecule has 0 radical (unpaired) electrons. The quantitative estimate of drug-likeness (QED) is 0.382. The Morgan fingerprint density at radius 2 is 1.17 bits per heavy atom. The van der Waals surface area contributed by atoms with Crippen LogP contribution in [0.25, 0.3) is 28.1 Å². The molecule has 0 amide bonds. The van der Waals surface area contributed by atoms with E-state index in [1.165, 1.54) is 22.4 Å². The predicted octanol–water partition coefficient (Wildman–Crippen LogP) is 6.57. The van der Waals surface area contributed by atoms with E-state index in [0.717, 1.165) is 10.2 Å². The smallest absolute Gasteiger partial charge is 0.0534 e. The molecule has 0 aliphatic heterocycles. The third-order valence-corrected chi connectivity index (χ3v) is 4.63. The van der Waals surface area contributed by atoms with Crippen LogP contribution >= 0.6 is 15.9 Å². The lowest BCUT2D eigenvalue weighted by Gasteiger charge is -2.09. The van der Waals surface area contributed by atoms with Crippen LogP contribution in [-0.4, -0.2) is 4.57 Å². The van der Waals surface area contributed by atoms with Crippen LogP contribution in [0.4, 0.5) is 0 Å². The number of hydrogen-bond acceptors (Lipinski definition) is 0. The first kappa shape index (κ1) is 15.0. The highest BCUT2D eigenvalue weighted by Crippen LogP contribution is 2.31. The monoisotopic (exact) mass is 373 g/mol. The van der Waals surface area contributed by atoms with Crippen molar-refractivity contribution in [3.8, 4) is 28.1 Å². The van der Waals surface area contributed by atoms with E-state index < -0.39 is 0 Å². The molecule has 4 aromatic rings. The van der Waals surface area contributed by atoms with Crippen molar-refractivity contribution in [3.63, 3.8) is 0 Å². The average molecular weight is 374 g/mol. The van der Waals surface area contributed by atoms with E-state index in [1.54, 1.807) is 0 Å². The van der Waals surface area contributed by atoms with Gasteiger partial charge in [0.25, 0.3) is 0 Å². The topological polar surface area (TPSA) is 4.93 Å². The molecule has 0 spiro atoms. The van der Waals surface area contributed by atoms with Crippen molar-refractivity contribution in [3.05, 3.63) is 102 Å². The molecule has 0 N–H and O–H groups in total. The van der Waals surface area contributed by atoms with Crippen LogP contribution in [0.1, 0.15) is 0 Å². The minimum atomic E-state index is 1.09. The second-order valence-electron chi connectivity index (χ2n) is 5.69. The van der Waals surface area contributed by atoms with Gasteiger partial charge in [-0.05, 0) is 41.5 Å². The van der Waals surface area contributed by atoms with Crippen molar-refractivity contribution in [1.29, 1.82) is 0 Å². The highest BCUT2D eigenvalue weighted by Gasteiger charge is 2.11. The fourth-order valence-electron chi connectivity index (χ4n) is 2.90. The van der Waals surface area contributed by atoms with Crippen molar-refractivity contribution in [2.75, 3.05) is 0 Å². The SMILES string of the molecule is Brc1ccc(-n2cc(-c3ccccc3)cc2-c2ccccc2)cc1. The number of rotatable bonds is 3. The Balaban J connectivity index is 1.90. The van der Waals surface area contributed by atoms with Crippen molar-refractivity contribution in [1.82, 2.24) is 4.57 Å². The lowest BCUT2D eigenvalue weighted by Crippen LogP contribution is -1.94. The van der Waals surface area contributed by atoms with Crippen LogP contribution in [0.3, 0.4) is 0 Å². The van der Waals surface area contributed by atoms with Gasteiger partial charge in [-0.1, -0.05) is 76.6 Å². The third-order valence-electron chi connectivity index (χ3n) is 4.10. The molecular formula is C22H16BrN. The first-order valence-corrected chi connectivity index (χ1v) is 8.70. The Hall–Kier alpha value is -2.58. The molecule has 0 aliphatic carbocycles. The summed E-state index contributed by atoms with van der Waals surface area (Å²) in [6.45, 7) is 0. The van der Waals surface area contributed by atoms with Crippen LogP contribution < -0.4 is 0 Å². The molecule has 1 nitrogen and oxygen atoms in total. The Kier molecular flexibility index (Phi) is 4.06. The van der Waals surface area contributed by atoms with Gasteiger partial charge in [-0.25, -0.2) is 0 Å². The zero-order valence-corrected chi connectivity index (χ0v) is 14.6. The Labute approximate surface area is 150 Å². The lowest BCUT2D eigenvalue weighted by atomic mass is 10.1. The highest BCUT2D eigenvalue weighted by molar-refractivity contribution is 9.10. The van der Waals surface area contributed by atoms with Crippen LogP contribution in [0.5, 0.6) is 0 Å². The van der Waals surface area contributed by atoms with Gasteiger partial charge in [0, 0.05) is 21.9 Å². The van der Waals surface area contributed by atoms with E-state index in [4.69, 9.17) is 0 Å². The van der Waals surface area contributed by atoms with Crippen LogP contribution in [0, 0.1) is 0 Å². The van der Waals surface area contributed by atoms with Crippen molar-refractivity contribution in [2.45, 2.75) is 0 Å². The second kappa shape index (κ2) is 6.50. The fraction of sp³-hybridized carbons (Fsp3) is 0.